The molecule has 1 aromatic rings. The fraction of sp³-hybridized carbons (Fsp3) is 0.455. The van der Waals surface area contributed by atoms with Crippen LogP contribution in [0, 0.1) is 0 Å². The maximum absolute atomic E-state index is 11.7. The summed E-state index contributed by atoms with van der Waals surface area (Å²) in [7, 11) is -3.67. The molecule has 0 heterocycles. The first-order chi connectivity index (χ1) is 7.56. The minimum Gasteiger partial charge on any atom is -0.379 e. The molecule has 1 unspecified atom stereocenters. The van der Waals surface area contributed by atoms with E-state index in [1.807, 2.05) is 6.92 Å². The van der Waals surface area contributed by atoms with Crippen molar-refractivity contribution in [3.8, 4) is 0 Å². The minimum atomic E-state index is -3.67. The zero-order valence-electron chi connectivity index (χ0n) is 9.42. The molecule has 0 fully saturated rings. The van der Waals surface area contributed by atoms with Crippen molar-refractivity contribution in [2.45, 2.75) is 24.8 Å². The fourth-order valence-electron chi connectivity index (χ4n) is 1.17. The Labute approximate surface area is 96.3 Å². The molecule has 0 aliphatic heterocycles. The summed E-state index contributed by atoms with van der Waals surface area (Å²) in [4.78, 5) is 0.165. The lowest BCUT2D eigenvalue weighted by Gasteiger charge is -2.12. The van der Waals surface area contributed by atoms with Crippen LogP contribution < -0.4 is 0 Å². The highest BCUT2D eigenvalue weighted by Gasteiger charge is 2.18. The van der Waals surface area contributed by atoms with Crippen molar-refractivity contribution in [3.05, 3.63) is 30.3 Å². The van der Waals surface area contributed by atoms with Crippen LogP contribution in [-0.2, 0) is 19.0 Å². The van der Waals surface area contributed by atoms with Crippen LogP contribution in [0.15, 0.2) is 35.2 Å². The van der Waals surface area contributed by atoms with E-state index in [0.717, 1.165) is 0 Å². The van der Waals surface area contributed by atoms with Crippen LogP contribution in [0.25, 0.3) is 0 Å². The summed E-state index contributed by atoms with van der Waals surface area (Å²) >= 11 is 0. The highest BCUT2D eigenvalue weighted by atomic mass is 32.2. The average Bonchev–Trinajstić information content (AvgIpc) is 2.27. The average molecular weight is 244 g/mol. The van der Waals surface area contributed by atoms with Gasteiger partial charge in [0, 0.05) is 6.61 Å². The molecule has 0 amide bonds. The molecule has 1 aromatic carbocycles. The van der Waals surface area contributed by atoms with Gasteiger partial charge in [-0.15, -0.1) is 0 Å². The number of ether oxygens (including phenoxy) is 1. The molecular formula is C11H16O4S. The first-order valence-corrected chi connectivity index (χ1v) is 6.53. The van der Waals surface area contributed by atoms with Crippen LogP contribution in [0.5, 0.6) is 0 Å². The number of hydrogen-bond acceptors (Lipinski definition) is 4. The van der Waals surface area contributed by atoms with Crippen LogP contribution in [0.1, 0.15) is 13.8 Å². The first-order valence-electron chi connectivity index (χ1n) is 5.12. The smallest absolute Gasteiger partial charge is 0.297 e. The fourth-order valence-corrected chi connectivity index (χ4v) is 2.26. The van der Waals surface area contributed by atoms with E-state index in [-0.39, 0.29) is 11.5 Å². The lowest BCUT2D eigenvalue weighted by atomic mass is 10.4. The lowest BCUT2D eigenvalue weighted by Crippen LogP contribution is -2.20. The van der Waals surface area contributed by atoms with Crippen LogP contribution in [-0.4, -0.2) is 27.7 Å². The molecule has 16 heavy (non-hydrogen) atoms. The van der Waals surface area contributed by atoms with Gasteiger partial charge in [-0.05, 0) is 26.0 Å². The summed E-state index contributed by atoms with van der Waals surface area (Å²) in [5.74, 6) is 0. The Morgan fingerprint density at radius 2 is 1.88 bits per heavy atom. The summed E-state index contributed by atoms with van der Waals surface area (Å²) in [5.41, 5.74) is 0. The SMILES string of the molecule is CCOCC(C)OS(=O)(=O)c1ccccc1. The maximum Gasteiger partial charge on any atom is 0.297 e. The summed E-state index contributed by atoms with van der Waals surface area (Å²) in [6.45, 7) is 4.32. The Kier molecular flexibility index (Phi) is 4.92. The van der Waals surface area contributed by atoms with Crippen LogP contribution in [0.3, 0.4) is 0 Å². The topological polar surface area (TPSA) is 52.6 Å². The van der Waals surface area contributed by atoms with Gasteiger partial charge in [-0.1, -0.05) is 18.2 Å². The van der Waals surface area contributed by atoms with Gasteiger partial charge in [-0.2, -0.15) is 8.42 Å². The Bertz CT molecular complexity index is 399. The molecular weight excluding hydrogens is 228 g/mol. The van der Waals surface area contributed by atoms with E-state index in [9.17, 15) is 8.42 Å². The molecule has 1 rings (SSSR count). The summed E-state index contributed by atoms with van der Waals surface area (Å²) in [6, 6.07) is 8.07. The third-order valence-electron chi connectivity index (χ3n) is 1.88. The first kappa shape index (κ1) is 13.2. The normalized spacial score (nSPS) is 13.6. The molecule has 1 atom stereocenters. The highest BCUT2D eigenvalue weighted by Crippen LogP contribution is 2.13. The Morgan fingerprint density at radius 3 is 2.44 bits per heavy atom. The molecule has 4 nitrogen and oxygen atoms in total. The monoisotopic (exact) mass is 244 g/mol. The van der Waals surface area contributed by atoms with E-state index in [4.69, 9.17) is 8.92 Å². The Hall–Kier alpha value is -0.910. The van der Waals surface area contributed by atoms with Crippen LogP contribution in [0.2, 0.25) is 0 Å². The number of rotatable bonds is 6. The quantitative estimate of drug-likeness (QED) is 0.716. The molecule has 0 spiro atoms. The summed E-state index contributed by atoms with van der Waals surface area (Å²) in [5, 5.41) is 0. The largest absolute Gasteiger partial charge is 0.379 e. The Morgan fingerprint density at radius 1 is 1.25 bits per heavy atom. The van der Waals surface area contributed by atoms with Gasteiger partial charge in [0.2, 0.25) is 0 Å². The molecule has 0 aliphatic rings. The third-order valence-corrected chi connectivity index (χ3v) is 3.31. The van der Waals surface area contributed by atoms with Crippen molar-refractivity contribution in [1.29, 1.82) is 0 Å². The second-order valence-electron chi connectivity index (χ2n) is 3.33. The van der Waals surface area contributed by atoms with E-state index in [0.29, 0.717) is 6.61 Å². The number of hydrogen-bond donors (Lipinski definition) is 0. The molecule has 0 radical (unpaired) electrons. The van der Waals surface area contributed by atoms with Crippen molar-refractivity contribution in [2.24, 2.45) is 0 Å². The van der Waals surface area contributed by atoms with E-state index in [1.54, 1.807) is 25.1 Å². The lowest BCUT2D eigenvalue weighted by molar-refractivity contribution is 0.0690. The van der Waals surface area contributed by atoms with Gasteiger partial charge in [0.1, 0.15) is 0 Å². The van der Waals surface area contributed by atoms with Gasteiger partial charge in [0.15, 0.2) is 0 Å². The molecule has 0 N–H and O–H groups in total. The van der Waals surface area contributed by atoms with Gasteiger partial charge >= 0.3 is 0 Å². The maximum atomic E-state index is 11.7. The van der Waals surface area contributed by atoms with Crippen molar-refractivity contribution in [2.75, 3.05) is 13.2 Å². The van der Waals surface area contributed by atoms with E-state index in [2.05, 4.69) is 0 Å². The molecule has 0 bridgehead atoms. The zero-order valence-corrected chi connectivity index (χ0v) is 10.2. The second kappa shape index (κ2) is 5.98. The van der Waals surface area contributed by atoms with E-state index >= 15 is 0 Å². The minimum absolute atomic E-state index is 0.165. The molecule has 90 valence electrons. The van der Waals surface area contributed by atoms with Crippen molar-refractivity contribution in [1.82, 2.24) is 0 Å². The summed E-state index contributed by atoms with van der Waals surface area (Å²) < 4.78 is 33.5. The van der Waals surface area contributed by atoms with E-state index < -0.39 is 16.2 Å². The van der Waals surface area contributed by atoms with Gasteiger partial charge in [0.25, 0.3) is 10.1 Å². The van der Waals surface area contributed by atoms with Crippen LogP contribution in [0.4, 0.5) is 0 Å². The van der Waals surface area contributed by atoms with Crippen molar-refractivity contribution >= 4 is 10.1 Å². The predicted octanol–water partition coefficient (Wildman–Crippen LogP) is 1.82. The van der Waals surface area contributed by atoms with E-state index in [1.165, 1.54) is 12.1 Å². The Balaban J connectivity index is 2.66. The van der Waals surface area contributed by atoms with Crippen molar-refractivity contribution in [3.63, 3.8) is 0 Å². The second-order valence-corrected chi connectivity index (χ2v) is 4.91. The van der Waals surface area contributed by atoms with Crippen LogP contribution >= 0.6 is 0 Å². The molecule has 0 saturated carbocycles. The van der Waals surface area contributed by atoms with Crippen molar-refractivity contribution < 1.29 is 17.3 Å². The van der Waals surface area contributed by atoms with Gasteiger partial charge in [0.05, 0.1) is 17.6 Å². The zero-order chi connectivity index (χ0) is 12.0. The molecule has 0 saturated heterocycles. The molecule has 0 aromatic heterocycles. The molecule has 0 aliphatic carbocycles. The van der Waals surface area contributed by atoms with Gasteiger partial charge in [-0.3, -0.25) is 4.18 Å². The standard InChI is InChI=1S/C11H16O4S/c1-3-14-9-10(2)15-16(12,13)11-7-5-4-6-8-11/h4-8,10H,3,9H2,1-2H3. The summed E-state index contributed by atoms with van der Waals surface area (Å²) in [6.07, 6.45) is -0.481. The highest BCUT2D eigenvalue weighted by molar-refractivity contribution is 7.86. The third kappa shape index (κ3) is 3.92. The van der Waals surface area contributed by atoms with Gasteiger partial charge < -0.3 is 4.74 Å². The van der Waals surface area contributed by atoms with Gasteiger partial charge in [-0.25, -0.2) is 0 Å². The predicted molar refractivity (Wildman–Crippen MR) is 60.7 cm³/mol. The number of benzene rings is 1. The molecule has 5 heteroatoms.